The van der Waals surface area contributed by atoms with Gasteiger partial charge in [0, 0.05) is 18.6 Å². The molecule has 2 N–H and O–H groups in total. The highest BCUT2D eigenvalue weighted by atomic mass is 19.4. The normalized spacial score (nSPS) is 13.1. The van der Waals surface area contributed by atoms with Crippen molar-refractivity contribution in [3.05, 3.63) is 23.5 Å². The van der Waals surface area contributed by atoms with E-state index in [4.69, 9.17) is 5.11 Å². The summed E-state index contributed by atoms with van der Waals surface area (Å²) in [5, 5.41) is 15.3. The first-order valence-corrected chi connectivity index (χ1v) is 6.48. The Balaban J connectivity index is 2.25. The lowest BCUT2D eigenvalue weighted by Gasteiger charge is -2.16. The zero-order valence-electron chi connectivity index (χ0n) is 12.2. The topological polar surface area (TPSA) is 97.1 Å². The Morgan fingerprint density at radius 2 is 2.09 bits per heavy atom. The number of rotatable bonds is 4. The molecular formula is C13H13F3N4O3. The molecule has 2 heterocycles. The lowest BCUT2D eigenvalue weighted by Crippen LogP contribution is -2.43. The van der Waals surface area contributed by atoms with Gasteiger partial charge in [0.2, 0.25) is 0 Å². The first-order chi connectivity index (χ1) is 10.6. The zero-order chi connectivity index (χ0) is 17.4. The van der Waals surface area contributed by atoms with E-state index in [0.717, 1.165) is 6.20 Å². The number of aryl methyl sites for hydroxylation is 2. The second kappa shape index (κ2) is 5.86. The highest BCUT2D eigenvalue weighted by Crippen LogP contribution is 2.22. The number of nitrogens with one attached hydrogen (secondary N) is 1. The minimum absolute atomic E-state index is 0.0398. The number of amides is 1. The largest absolute Gasteiger partial charge is 0.480 e. The van der Waals surface area contributed by atoms with Crippen LogP contribution in [0, 0.1) is 6.92 Å². The molecule has 2 rings (SSSR count). The molecule has 0 aromatic carbocycles. The van der Waals surface area contributed by atoms with Crippen LogP contribution in [0.5, 0.6) is 0 Å². The van der Waals surface area contributed by atoms with E-state index in [-0.39, 0.29) is 5.56 Å². The average Bonchev–Trinajstić information content (AvgIpc) is 2.71. The number of hydrogen-bond acceptors (Lipinski definition) is 4. The second-order valence-electron chi connectivity index (χ2n) is 4.99. The fourth-order valence-electron chi connectivity index (χ4n) is 2.11. The SMILES string of the molecule is Cc1nn(C)c2ncc(C(=O)NC(CC(F)(F)F)C(=O)O)cc12. The molecule has 2 aromatic rings. The zero-order valence-corrected chi connectivity index (χ0v) is 12.2. The molecule has 10 heteroatoms. The van der Waals surface area contributed by atoms with E-state index in [0.29, 0.717) is 16.7 Å². The molecule has 1 unspecified atom stereocenters. The maximum atomic E-state index is 12.3. The summed E-state index contributed by atoms with van der Waals surface area (Å²) in [6.45, 7) is 1.69. The maximum absolute atomic E-state index is 12.3. The maximum Gasteiger partial charge on any atom is 0.391 e. The third-order valence-electron chi connectivity index (χ3n) is 3.16. The van der Waals surface area contributed by atoms with E-state index >= 15 is 0 Å². The Bertz CT molecular complexity index is 770. The van der Waals surface area contributed by atoms with Crippen molar-refractivity contribution < 1.29 is 27.9 Å². The van der Waals surface area contributed by atoms with Crippen molar-refractivity contribution in [2.45, 2.75) is 25.6 Å². The average molecular weight is 330 g/mol. The van der Waals surface area contributed by atoms with Gasteiger partial charge >= 0.3 is 12.1 Å². The number of carboxylic acid groups (broad SMARTS) is 1. The van der Waals surface area contributed by atoms with Crippen LogP contribution in [0.2, 0.25) is 0 Å². The van der Waals surface area contributed by atoms with Crippen LogP contribution in [0.3, 0.4) is 0 Å². The summed E-state index contributed by atoms with van der Waals surface area (Å²) in [6.07, 6.45) is -5.21. The van der Waals surface area contributed by atoms with Crippen molar-refractivity contribution in [2.24, 2.45) is 7.05 Å². The molecule has 124 valence electrons. The van der Waals surface area contributed by atoms with Gasteiger partial charge in [0.1, 0.15) is 6.04 Å². The summed E-state index contributed by atoms with van der Waals surface area (Å²) in [4.78, 5) is 26.9. The predicted molar refractivity (Wildman–Crippen MR) is 72.8 cm³/mol. The van der Waals surface area contributed by atoms with E-state index in [2.05, 4.69) is 10.1 Å². The first kappa shape index (κ1) is 16.7. The molecule has 0 saturated heterocycles. The quantitative estimate of drug-likeness (QED) is 0.883. The Labute approximate surface area is 128 Å². The lowest BCUT2D eigenvalue weighted by atomic mass is 10.1. The van der Waals surface area contributed by atoms with Crippen molar-refractivity contribution in [2.75, 3.05) is 0 Å². The van der Waals surface area contributed by atoms with Crippen LogP contribution in [0.25, 0.3) is 11.0 Å². The highest BCUT2D eigenvalue weighted by Gasteiger charge is 2.36. The number of nitrogens with zero attached hydrogens (tertiary/aromatic N) is 3. The number of alkyl halides is 3. The molecule has 7 nitrogen and oxygen atoms in total. The summed E-state index contributed by atoms with van der Waals surface area (Å²) in [7, 11) is 1.66. The number of carboxylic acids is 1. The number of aliphatic carboxylic acids is 1. The Kier molecular flexibility index (Phi) is 4.26. The third-order valence-corrected chi connectivity index (χ3v) is 3.16. The van der Waals surface area contributed by atoms with Gasteiger partial charge in [-0.1, -0.05) is 0 Å². The number of pyridine rings is 1. The van der Waals surface area contributed by atoms with Crippen LogP contribution in [-0.4, -0.2) is 44.0 Å². The first-order valence-electron chi connectivity index (χ1n) is 6.48. The molecule has 0 aliphatic heterocycles. The van der Waals surface area contributed by atoms with E-state index in [1.165, 1.54) is 10.7 Å². The molecule has 0 spiro atoms. The van der Waals surface area contributed by atoms with Crippen LogP contribution >= 0.6 is 0 Å². The van der Waals surface area contributed by atoms with Gasteiger partial charge in [-0.05, 0) is 13.0 Å². The molecule has 1 atom stereocenters. The van der Waals surface area contributed by atoms with E-state index < -0.39 is 30.5 Å². The van der Waals surface area contributed by atoms with Crippen LogP contribution in [-0.2, 0) is 11.8 Å². The van der Waals surface area contributed by atoms with Crippen LogP contribution in [0.15, 0.2) is 12.3 Å². The van der Waals surface area contributed by atoms with Crippen molar-refractivity contribution in [3.8, 4) is 0 Å². The van der Waals surface area contributed by atoms with Crippen LogP contribution in [0.4, 0.5) is 13.2 Å². The van der Waals surface area contributed by atoms with E-state index in [1.54, 1.807) is 14.0 Å². The molecule has 1 amide bonds. The standard InChI is InChI=1S/C13H13F3N4O3/c1-6-8-3-7(5-17-10(8)20(2)19-6)11(21)18-9(12(22)23)4-13(14,15)16/h3,5,9H,4H2,1-2H3,(H,18,21)(H,22,23). The van der Waals surface area contributed by atoms with Crippen molar-refractivity contribution >= 4 is 22.9 Å². The molecule has 0 saturated carbocycles. The van der Waals surface area contributed by atoms with Crippen LogP contribution < -0.4 is 5.32 Å². The van der Waals surface area contributed by atoms with Gasteiger partial charge in [-0.3, -0.25) is 9.48 Å². The molecule has 0 aliphatic rings. The Morgan fingerprint density at radius 1 is 1.43 bits per heavy atom. The van der Waals surface area contributed by atoms with Crippen LogP contribution in [0.1, 0.15) is 22.5 Å². The van der Waals surface area contributed by atoms with Gasteiger partial charge in [-0.15, -0.1) is 0 Å². The monoisotopic (exact) mass is 330 g/mol. The Morgan fingerprint density at radius 3 is 2.65 bits per heavy atom. The van der Waals surface area contributed by atoms with Crippen molar-refractivity contribution in [3.63, 3.8) is 0 Å². The van der Waals surface area contributed by atoms with E-state index in [9.17, 15) is 22.8 Å². The van der Waals surface area contributed by atoms with Gasteiger partial charge in [-0.25, -0.2) is 9.78 Å². The minimum atomic E-state index is -4.71. The molecule has 2 aromatic heterocycles. The van der Waals surface area contributed by atoms with Crippen molar-refractivity contribution in [1.82, 2.24) is 20.1 Å². The molecule has 0 radical (unpaired) electrons. The van der Waals surface area contributed by atoms with Gasteiger partial charge < -0.3 is 10.4 Å². The number of halogens is 3. The van der Waals surface area contributed by atoms with Gasteiger partial charge in [0.15, 0.2) is 5.65 Å². The number of carbonyl (C=O) groups is 2. The summed E-state index contributed by atoms with van der Waals surface area (Å²) in [6, 6.07) is -0.653. The second-order valence-corrected chi connectivity index (χ2v) is 4.99. The molecule has 23 heavy (non-hydrogen) atoms. The lowest BCUT2D eigenvalue weighted by molar-refractivity contribution is -0.157. The Hall–Kier alpha value is -2.65. The van der Waals surface area contributed by atoms with E-state index in [1.807, 2.05) is 5.32 Å². The van der Waals surface area contributed by atoms with Crippen molar-refractivity contribution in [1.29, 1.82) is 0 Å². The third kappa shape index (κ3) is 3.76. The summed E-state index contributed by atoms with van der Waals surface area (Å²) in [5.74, 6) is -2.71. The van der Waals surface area contributed by atoms with Gasteiger partial charge in [-0.2, -0.15) is 18.3 Å². The highest BCUT2D eigenvalue weighted by molar-refractivity contribution is 5.99. The smallest absolute Gasteiger partial charge is 0.391 e. The minimum Gasteiger partial charge on any atom is -0.480 e. The number of aromatic nitrogens is 3. The van der Waals surface area contributed by atoms with Gasteiger partial charge in [0.25, 0.3) is 5.91 Å². The number of fused-ring (bicyclic) bond motifs is 1. The molecule has 0 aliphatic carbocycles. The summed E-state index contributed by atoms with van der Waals surface area (Å²) < 4.78 is 38.5. The number of carbonyl (C=O) groups excluding carboxylic acids is 1. The summed E-state index contributed by atoms with van der Waals surface area (Å²) >= 11 is 0. The fourth-order valence-corrected chi connectivity index (χ4v) is 2.11. The molecule has 0 fully saturated rings. The fraction of sp³-hybridized carbons (Fsp3) is 0.385. The summed E-state index contributed by atoms with van der Waals surface area (Å²) in [5.41, 5.74) is 1.06. The predicted octanol–water partition coefficient (Wildman–Crippen LogP) is 1.41. The molecular weight excluding hydrogens is 317 g/mol. The number of hydrogen-bond donors (Lipinski definition) is 2. The van der Waals surface area contributed by atoms with Gasteiger partial charge in [0.05, 0.1) is 17.7 Å². The molecule has 0 bridgehead atoms.